The Kier molecular flexibility index (Phi) is 9.13. The molecule has 170 valence electrons. The Morgan fingerprint density at radius 1 is 1.19 bits per heavy atom. The molecule has 0 aromatic heterocycles. The van der Waals surface area contributed by atoms with Crippen LogP contribution in [0.3, 0.4) is 0 Å². The summed E-state index contributed by atoms with van der Waals surface area (Å²) in [4.78, 5) is 9.09. The maximum atomic E-state index is 11.0. The number of likely N-dealkylation sites (N-methyl/N-ethyl adjacent to an activating group) is 1. The molecule has 1 aromatic carbocycles. The van der Waals surface area contributed by atoms with E-state index in [2.05, 4.69) is 50.6 Å². The zero-order valence-corrected chi connectivity index (χ0v) is 19.3. The van der Waals surface area contributed by atoms with Gasteiger partial charge in [0.1, 0.15) is 5.75 Å². The Labute approximate surface area is 187 Å². The number of aryl methyl sites for hydroxylation is 1. The molecule has 0 saturated carbocycles. The summed E-state index contributed by atoms with van der Waals surface area (Å²) in [5.74, 6) is 0.354. The van der Waals surface area contributed by atoms with Crippen molar-refractivity contribution >= 4 is 6.21 Å². The molecule has 1 aromatic rings. The average molecular weight is 426 g/mol. The van der Waals surface area contributed by atoms with Gasteiger partial charge in [-0.25, -0.2) is 0 Å². The summed E-state index contributed by atoms with van der Waals surface area (Å²) in [6, 6.07) is 4.92. The van der Waals surface area contributed by atoms with E-state index in [1.54, 1.807) is 0 Å². The Morgan fingerprint density at radius 3 is 2.77 bits per heavy atom. The van der Waals surface area contributed by atoms with Gasteiger partial charge in [-0.3, -0.25) is 9.89 Å². The fourth-order valence-electron chi connectivity index (χ4n) is 4.24. The highest BCUT2D eigenvalue weighted by Gasteiger charge is 2.21. The van der Waals surface area contributed by atoms with Crippen molar-refractivity contribution < 1.29 is 5.11 Å². The second kappa shape index (κ2) is 12.0. The monoisotopic (exact) mass is 425 g/mol. The number of aliphatic imine (C=N–C) groups is 1. The van der Waals surface area contributed by atoms with Crippen molar-refractivity contribution in [2.75, 3.05) is 46.8 Å². The summed E-state index contributed by atoms with van der Waals surface area (Å²) in [5.41, 5.74) is 2.93. The lowest BCUT2D eigenvalue weighted by atomic mass is 10.0. The van der Waals surface area contributed by atoms with Crippen LogP contribution in [-0.4, -0.2) is 80.0 Å². The van der Waals surface area contributed by atoms with E-state index in [0.29, 0.717) is 11.8 Å². The number of hydrogen-bond donors (Lipinski definition) is 3. The molecule has 6 nitrogen and oxygen atoms in total. The molecule has 1 saturated heterocycles. The van der Waals surface area contributed by atoms with Crippen LogP contribution in [-0.2, 0) is 6.54 Å². The maximum Gasteiger partial charge on any atom is 0.128 e. The first-order chi connectivity index (χ1) is 15.0. The predicted molar refractivity (Wildman–Crippen MR) is 130 cm³/mol. The van der Waals surface area contributed by atoms with Crippen LogP contribution in [0.5, 0.6) is 5.75 Å². The Hall–Kier alpha value is -2.15. The molecular formula is C25H39N5O. The van der Waals surface area contributed by atoms with Crippen LogP contribution < -0.4 is 10.6 Å². The van der Waals surface area contributed by atoms with E-state index in [0.717, 1.165) is 56.0 Å². The van der Waals surface area contributed by atoms with E-state index >= 15 is 0 Å². The summed E-state index contributed by atoms with van der Waals surface area (Å²) >= 11 is 0. The van der Waals surface area contributed by atoms with E-state index in [1.807, 2.05) is 38.7 Å². The lowest BCUT2D eigenvalue weighted by molar-refractivity contribution is 0.206. The normalized spacial score (nSPS) is 21.3. The number of rotatable bonds is 10. The van der Waals surface area contributed by atoms with Crippen molar-refractivity contribution in [1.82, 2.24) is 20.4 Å². The van der Waals surface area contributed by atoms with Crippen molar-refractivity contribution in [3.8, 4) is 5.75 Å². The Morgan fingerprint density at radius 2 is 2.06 bits per heavy atom. The molecule has 0 amide bonds. The number of phenols is 1. The van der Waals surface area contributed by atoms with E-state index < -0.39 is 0 Å². The van der Waals surface area contributed by atoms with Crippen molar-refractivity contribution in [3.63, 3.8) is 0 Å². The van der Waals surface area contributed by atoms with E-state index in [9.17, 15) is 5.11 Å². The quantitative estimate of drug-likeness (QED) is 0.503. The molecule has 2 heterocycles. The number of piperidine rings is 1. The molecule has 1 fully saturated rings. The molecule has 3 rings (SSSR count). The van der Waals surface area contributed by atoms with Crippen molar-refractivity contribution in [1.29, 1.82) is 0 Å². The molecule has 0 aliphatic carbocycles. The van der Waals surface area contributed by atoms with Crippen molar-refractivity contribution in [3.05, 3.63) is 53.3 Å². The number of nitrogens with zero attached hydrogens (tertiary/aromatic N) is 3. The zero-order valence-electron chi connectivity index (χ0n) is 19.3. The summed E-state index contributed by atoms with van der Waals surface area (Å²) in [5, 5.41) is 18.1. The highest BCUT2D eigenvalue weighted by Crippen LogP contribution is 2.25. The van der Waals surface area contributed by atoms with Gasteiger partial charge in [0.2, 0.25) is 0 Å². The van der Waals surface area contributed by atoms with Crippen LogP contribution in [0.15, 0.2) is 41.6 Å². The van der Waals surface area contributed by atoms with Crippen LogP contribution in [0.4, 0.5) is 0 Å². The van der Waals surface area contributed by atoms with Gasteiger partial charge in [0.15, 0.2) is 0 Å². The first-order valence-electron chi connectivity index (χ1n) is 11.5. The van der Waals surface area contributed by atoms with Crippen LogP contribution in [0.1, 0.15) is 36.0 Å². The van der Waals surface area contributed by atoms with Crippen LogP contribution in [0, 0.1) is 6.92 Å². The predicted octanol–water partition coefficient (Wildman–Crippen LogP) is 2.67. The van der Waals surface area contributed by atoms with Gasteiger partial charge >= 0.3 is 0 Å². The highest BCUT2D eigenvalue weighted by atomic mass is 16.3. The largest absolute Gasteiger partial charge is 0.507 e. The lowest BCUT2D eigenvalue weighted by Gasteiger charge is -2.33. The maximum absolute atomic E-state index is 11.0. The number of allylic oxidation sites excluding steroid dienone is 2. The summed E-state index contributed by atoms with van der Waals surface area (Å²) < 4.78 is 0. The molecule has 2 atom stereocenters. The summed E-state index contributed by atoms with van der Waals surface area (Å²) in [6.07, 6.45) is 13.9. The molecule has 6 heteroatoms. The number of benzene rings is 1. The van der Waals surface area contributed by atoms with Crippen LogP contribution in [0.25, 0.3) is 0 Å². The van der Waals surface area contributed by atoms with Gasteiger partial charge in [0, 0.05) is 49.6 Å². The third-order valence-corrected chi connectivity index (χ3v) is 5.87. The fourth-order valence-corrected chi connectivity index (χ4v) is 4.24. The van der Waals surface area contributed by atoms with Crippen LogP contribution in [0.2, 0.25) is 0 Å². The van der Waals surface area contributed by atoms with Gasteiger partial charge in [-0.15, -0.1) is 0 Å². The molecule has 3 N–H and O–H groups in total. The lowest BCUT2D eigenvalue weighted by Crippen LogP contribution is -2.47. The first kappa shape index (κ1) is 23.5. The van der Waals surface area contributed by atoms with Crippen molar-refractivity contribution in [2.45, 2.75) is 44.8 Å². The average Bonchev–Trinajstić information content (AvgIpc) is 2.75. The summed E-state index contributed by atoms with van der Waals surface area (Å²) in [7, 11) is 4.08. The standard InChI is InChI=1S/C25H39N5O/c1-20-14-21(16-26-12-13-29(2)3)25(31)22(15-20)17-30(18-23-8-4-6-10-27-23)19-24-9-5-7-11-28-24/h4,6,8,10,14-16,23-24,27-28,31H,5,7,9,11-13,17-19H2,1-3H3. The van der Waals surface area contributed by atoms with Gasteiger partial charge in [-0.2, -0.15) is 0 Å². The van der Waals surface area contributed by atoms with Gasteiger partial charge in [-0.05, 0) is 64.3 Å². The topological polar surface area (TPSA) is 63.1 Å². The molecule has 2 unspecified atom stereocenters. The fraction of sp³-hybridized carbons (Fsp3) is 0.560. The molecule has 0 spiro atoms. The number of phenolic OH excluding ortho intramolecular Hbond substituents is 1. The summed E-state index contributed by atoms with van der Waals surface area (Å²) in [6.45, 7) is 7.42. The molecule has 31 heavy (non-hydrogen) atoms. The van der Waals surface area contributed by atoms with E-state index in [1.165, 1.54) is 19.3 Å². The molecule has 2 aliphatic heterocycles. The second-order valence-corrected chi connectivity index (χ2v) is 9.06. The zero-order chi connectivity index (χ0) is 22.1. The second-order valence-electron chi connectivity index (χ2n) is 9.06. The third kappa shape index (κ3) is 7.80. The molecule has 0 bridgehead atoms. The first-order valence-corrected chi connectivity index (χ1v) is 11.5. The molecule has 2 aliphatic rings. The minimum absolute atomic E-state index is 0.285. The smallest absolute Gasteiger partial charge is 0.128 e. The Bertz CT molecular complexity index is 780. The SMILES string of the molecule is Cc1cc(C=NCCN(C)C)c(O)c(CN(CC2C=CC=CN2)CC2CCCCN2)c1. The molecular weight excluding hydrogens is 386 g/mol. The molecule has 0 radical (unpaired) electrons. The van der Waals surface area contributed by atoms with E-state index in [4.69, 9.17) is 0 Å². The number of hydrogen-bond acceptors (Lipinski definition) is 6. The minimum Gasteiger partial charge on any atom is -0.507 e. The third-order valence-electron chi connectivity index (χ3n) is 5.87. The van der Waals surface area contributed by atoms with Gasteiger partial charge in [0.25, 0.3) is 0 Å². The van der Waals surface area contributed by atoms with Gasteiger partial charge in [-0.1, -0.05) is 24.6 Å². The number of nitrogens with one attached hydrogen (secondary N) is 2. The van der Waals surface area contributed by atoms with Gasteiger partial charge in [0.05, 0.1) is 12.6 Å². The Balaban J connectivity index is 1.73. The van der Waals surface area contributed by atoms with E-state index in [-0.39, 0.29) is 6.04 Å². The highest BCUT2D eigenvalue weighted by molar-refractivity contribution is 5.84. The van der Waals surface area contributed by atoms with Gasteiger partial charge < -0.3 is 20.6 Å². The van der Waals surface area contributed by atoms with Crippen molar-refractivity contribution in [2.24, 2.45) is 4.99 Å². The van der Waals surface area contributed by atoms with Crippen LogP contribution >= 0.6 is 0 Å². The number of aromatic hydroxyl groups is 1. The number of dihydropyridines is 1. The minimum atomic E-state index is 0.285.